The first kappa shape index (κ1) is 15.3. The monoisotopic (exact) mass is 341 g/mol. The van der Waals surface area contributed by atoms with Crippen molar-refractivity contribution >= 4 is 21.6 Å². The number of hydrogen-bond donors (Lipinski definition) is 0. The summed E-state index contributed by atoms with van der Waals surface area (Å²) in [6, 6.07) is 5.22. The van der Waals surface area contributed by atoms with Crippen LogP contribution in [0.3, 0.4) is 0 Å². The Bertz CT molecular complexity index is 797. The molecule has 0 amide bonds. The van der Waals surface area contributed by atoms with E-state index < -0.39 is 10.0 Å². The van der Waals surface area contributed by atoms with E-state index in [2.05, 4.69) is 4.98 Å². The maximum atomic E-state index is 12.8. The molecule has 0 atom stereocenters. The third-order valence-electron chi connectivity index (χ3n) is 3.66. The minimum Gasteiger partial charge on any atom is -0.492 e. The van der Waals surface area contributed by atoms with Gasteiger partial charge in [0.15, 0.2) is 5.03 Å². The highest BCUT2D eigenvalue weighted by Gasteiger charge is 2.30. The number of hydrogen-bond acceptors (Lipinski definition) is 4. The molecule has 0 fully saturated rings. The second-order valence-electron chi connectivity index (χ2n) is 5.18. The van der Waals surface area contributed by atoms with Crippen LogP contribution in [-0.2, 0) is 23.6 Å². The summed E-state index contributed by atoms with van der Waals surface area (Å²) in [5.74, 6) is 1.31. The largest absolute Gasteiger partial charge is 0.492 e. The molecule has 1 aliphatic rings. The van der Waals surface area contributed by atoms with Gasteiger partial charge < -0.3 is 9.30 Å². The SMILES string of the molecule is Cc1nc(S(=O)(=O)N2CCOc3ccc(Cl)cc3C2)cn1C. The summed E-state index contributed by atoms with van der Waals surface area (Å²) in [5.41, 5.74) is 0.751. The van der Waals surface area contributed by atoms with E-state index in [4.69, 9.17) is 16.3 Å². The van der Waals surface area contributed by atoms with E-state index in [9.17, 15) is 8.42 Å². The Morgan fingerprint density at radius 3 is 2.82 bits per heavy atom. The summed E-state index contributed by atoms with van der Waals surface area (Å²) in [4.78, 5) is 4.13. The number of benzene rings is 1. The van der Waals surface area contributed by atoms with Gasteiger partial charge in [0.2, 0.25) is 0 Å². The van der Waals surface area contributed by atoms with Crippen molar-refractivity contribution in [2.45, 2.75) is 18.5 Å². The molecule has 2 aromatic rings. The minimum atomic E-state index is -3.66. The van der Waals surface area contributed by atoms with Crippen molar-refractivity contribution in [1.29, 1.82) is 0 Å². The van der Waals surface area contributed by atoms with Crippen molar-refractivity contribution in [2.24, 2.45) is 7.05 Å². The van der Waals surface area contributed by atoms with Gasteiger partial charge in [0.25, 0.3) is 10.0 Å². The number of fused-ring (bicyclic) bond motifs is 1. The van der Waals surface area contributed by atoms with Gasteiger partial charge in [-0.3, -0.25) is 0 Å². The molecule has 0 aliphatic carbocycles. The molecule has 6 nitrogen and oxygen atoms in total. The van der Waals surface area contributed by atoms with Gasteiger partial charge >= 0.3 is 0 Å². The van der Waals surface area contributed by atoms with Gasteiger partial charge in [-0.25, -0.2) is 13.4 Å². The number of sulfonamides is 1. The van der Waals surface area contributed by atoms with Crippen molar-refractivity contribution in [3.8, 4) is 5.75 Å². The summed E-state index contributed by atoms with van der Waals surface area (Å²) < 4.78 is 34.2. The minimum absolute atomic E-state index is 0.0537. The van der Waals surface area contributed by atoms with Gasteiger partial charge in [0, 0.05) is 36.9 Å². The number of halogens is 1. The standard InChI is InChI=1S/C14H16ClN3O3S/c1-10-16-14(9-17(10)2)22(19,20)18-5-6-21-13-4-3-12(15)7-11(13)8-18/h3-4,7,9H,5-6,8H2,1-2H3. The summed E-state index contributed by atoms with van der Waals surface area (Å²) in [6.07, 6.45) is 1.52. The molecular weight excluding hydrogens is 326 g/mol. The number of imidazole rings is 1. The van der Waals surface area contributed by atoms with Crippen molar-refractivity contribution < 1.29 is 13.2 Å². The Labute approximate surface area is 134 Å². The Hall–Kier alpha value is -1.57. The predicted molar refractivity (Wildman–Crippen MR) is 82.5 cm³/mol. The molecule has 118 valence electrons. The van der Waals surface area contributed by atoms with Crippen molar-refractivity contribution in [1.82, 2.24) is 13.9 Å². The molecule has 1 aromatic heterocycles. The summed E-state index contributed by atoms with van der Waals surface area (Å²) in [6.45, 7) is 2.54. The molecule has 0 saturated carbocycles. The summed E-state index contributed by atoms with van der Waals surface area (Å²) in [5, 5.41) is 0.605. The lowest BCUT2D eigenvalue weighted by Gasteiger charge is -2.17. The van der Waals surface area contributed by atoms with Crippen LogP contribution in [0.5, 0.6) is 5.75 Å². The topological polar surface area (TPSA) is 64.4 Å². The smallest absolute Gasteiger partial charge is 0.262 e. The second-order valence-corrected chi connectivity index (χ2v) is 7.50. The average Bonchev–Trinajstić information content (AvgIpc) is 2.69. The maximum absolute atomic E-state index is 12.8. The van der Waals surface area contributed by atoms with E-state index in [0.717, 1.165) is 5.56 Å². The van der Waals surface area contributed by atoms with Crippen LogP contribution in [-0.4, -0.2) is 35.4 Å². The van der Waals surface area contributed by atoms with Crippen LogP contribution in [0.25, 0.3) is 0 Å². The van der Waals surface area contributed by atoms with Gasteiger partial charge in [0.05, 0.1) is 0 Å². The van der Waals surface area contributed by atoms with E-state index in [-0.39, 0.29) is 18.1 Å². The lowest BCUT2D eigenvalue weighted by atomic mass is 10.2. The van der Waals surface area contributed by atoms with Gasteiger partial charge in [-0.05, 0) is 25.1 Å². The highest BCUT2D eigenvalue weighted by atomic mass is 35.5. The van der Waals surface area contributed by atoms with Gasteiger partial charge in [-0.1, -0.05) is 11.6 Å². The van der Waals surface area contributed by atoms with Crippen molar-refractivity contribution in [3.05, 3.63) is 40.8 Å². The zero-order valence-corrected chi connectivity index (χ0v) is 13.9. The molecule has 1 aromatic carbocycles. The molecule has 0 unspecified atom stereocenters. The van der Waals surface area contributed by atoms with Crippen molar-refractivity contribution in [3.63, 3.8) is 0 Å². The van der Waals surface area contributed by atoms with E-state index in [1.165, 1.54) is 10.5 Å². The van der Waals surface area contributed by atoms with E-state index in [0.29, 0.717) is 23.2 Å². The molecule has 1 aliphatic heterocycles. The first-order chi connectivity index (χ1) is 10.4. The van der Waals surface area contributed by atoms with E-state index >= 15 is 0 Å². The maximum Gasteiger partial charge on any atom is 0.262 e. The number of rotatable bonds is 2. The first-order valence-corrected chi connectivity index (χ1v) is 8.61. The van der Waals surface area contributed by atoms with Crippen LogP contribution >= 0.6 is 11.6 Å². The Kier molecular flexibility index (Phi) is 3.88. The Morgan fingerprint density at radius 2 is 2.14 bits per heavy atom. The molecule has 0 spiro atoms. The summed E-state index contributed by atoms with van der Waals surface area (Å²) in [7, 11) is -1.90. The fraction of sp³-hybridized carbons (Fsp3) is 0.357. The van der Waals surface area contributed by atoms with Crippen LogP contribution in [0, 0.1) is 6.92 Å². The third-order valence-corrected chi connectivity index (χ3v) is 5.61. The number of aromatic nitrogens is 2. The number of nitrogens with zero attached hydrogens (tertiary/aromatic N) is 3. The highest BCUT2D eigenvalue weighted by Crippen LogP contribution is 2.28. The van der Waals surface area contributed by atoms with Crippen LogP contribution in [0.15, 0.2) is 29.4 Å². The number of ether oxygens (including phenoxy) is 1. The molecule has 8 heteroatoms. The van der Waals surface area contributed by atoms with Crippen LogP contribution in [0.2, 0.25) is 5.02 Å². The molecule has 3 rings (SSSR count). The molecule has 22 heavy (non-hydrogen) atoms. The molecule has 0 bridgehead atoms. The Morgan fingerprint density at radius 1 is 1.36 bits per heavy atom. The molecular formula is C14H16ClN3O3S. The molecule has 2 heterocycles. The fourth-order valence-corrected chi connectivity index (χ4v) is 3.95. The van der Waals surface area contributed by atoms with Crippen molar-refractivity contribution in [2.75, 3.05) is 13.2 Å². The van der Waals surface area contributed by atoms with Crippen LogP contribution < -0.4 is 4.74 Å². The lowest BCUT2D eigenvalue weighted by molar-refractivity contribution is 0.292. The van der Waals surface area contributed by atoms with E-state index in [1.54, 1.807) is 36.7 Å². The van der Waals surface area contributed by atoms with Gasteiger partial charge in [-0.2, -0.15) is 4.31 Å². The normalized spacial score (nSPS) is 16.0. The molecule has 0 N–H and O–H groups in total. The van der Waals surface area contributed by atoms with Crippen LogP contribution in [0.4, 0.5) is 0 Å². The zero-order chi connectivity index (χ0) is 15.9. The fourth-order valence-electron chi connectivity index (χ4n) is 2.33. The number of aryl methyl sites for hydroxylation is 2. The van der Waals surface area contributed by atoms with Crippen LogP contribution in [0.1, 0.15) is 11.4 Å². The molecule has 0 radical (unpaired) electrons. The predicted octanol–water partition coefficient (Wildman–Crippen LogP) is 1.97. The first-order valence-electron chi connectivity index (χ1n) is 6.79. The summed E-state index contributed by atoms with van der Waals surface area (Å²) >= 11 is 5.99. The quantitative estimate of drug-likeness (QED) is 0.837. The average molecular weight is 342 g/mol. The highest BCUT2D eigenvalue weighted by molar-refractivity contribution is 7.89. The zero-order valence-electron chi connectivity index (χ0n) is 12.3. The second kappa shape index (κ2) is 5.57. The Balaban J connectivity index is 1.97. The van der Waals surface area contributed by atoms with Gasteiger partial charge in [0.1, 0.15) is 18.2 Å². The lowest BCUT2D eigenvalue weighted by Crippen LogP contribution is -2.32. The third kappa shape index (κ3) is 2.71. The van der Waals surface area contributed by atoms with Gasteiger partial charge in [-0.15, -0.1) is 0 Å². The van der Waals surface area contributed by atoms with E-state index in [1.807, 2.05) is 0 Å². The molecule has 0 saturated heterocycles.